The largest absolute Gasteiger partial charge is 0.381 e. The maximum absolute atomic E-state index is 5.84. The highest BCUT2D eigenvalue weighted by atomic mass is 79.9. The zero-order chi connectivity index (χ0) is 10.0. The Kier molecular flexibility index (Phi) is 3.27. The summed E-state index contributed by atoms with van der Waals surface area (Å²) in [5.41, 5.74) is 6.03. The van der Waals surface area contributed by atoms with Crippen molar-refractivity contribution in [3.8, 4) is 0 Å². The van der Waals surface area contributed by atoms with Crippen LogP contribution in [0.5, 0.6) is 0 Å². The molecule has 1 saturated heterocycles. The number of thiophene rings is 1. The molecule has 2 nitrogen and oxygen atoms in total. The van der Waals surface area contributed by atoms with E-state index in [9.17, 15) is 0 Å². The van der Waals surface area contributed by atoms with E-state index in [1.165, 1.54) is 9.35 Å². The minimum absolute atomic E-state index is 0.188. The number of hydrogen-bond acceptors (Lipinski definition) is 3. The van der Waals surface area contributed by atoms with Gasteiger partial charge in [0.1, 0.15) is 0 Å². The first kappa shape index (κ1) is 10.6. The first-order chi connectivity index (χ1) is 6.76. The van der Waals surface area contributed by atoms with Gasteiger partial charge >= 0.3 is 0 Å². The van der Waals surface area contributed by atoms with Crippen LogP contribution in [0.2, 0.25) is 0 Å². The van der Waals surface area contributed by atoms with Crippen LogP contribution >= 0.6 is 27.3 Å². The van der Waals surface area contributed by atoms with Crippen LogP contribution in [0.4, 0.5) is 0 Å². The zero-order valence-electron chi connectivity index (χ0n) is 7.96. The maximum Gasteiger partial charge on any atom is 0.0538 e. The Labute approximate surface area is 96.6 Å². The Hall–Kier alpha value is 0.1000. The van der Waals surface area contributed by atoms with Gasteiger partial charge in [-0.3, -0.25) is 0 Å². The number of ether oxygens (including phenoxy) is 1. The zero-order valence-corrected chi connectivity index (χ0v) is 10.4. The fourth-order valence-electron chi connectivity index (χ4n) is 1.81. The van der Waals surface area contributed by atoms with Crippen LogP contribution in [0, 0.1) is 5.41 Å². The molecule has 0 bridgehead atoms. The molecule has 4 heteroatoms. The van der Waals surface area contributed by atoms with Crippen LogP contribution in [0.15, 0.2) is 15.9 Å². The van der Waals surface area contributed by atoms with Crippen molar-refractivity contribution >= 4 is 27.3 Å². The quantitative estimate of drug-likeness (QED) is 0.920. The van der Waals surface area contributed by atoms with Crippen molar-refractivity contribution in [2.45, 2.75) is 12.8 Å². The Balaban J connectivity index is 2.12. The molecule has 0 aromatic carbocycles. The predicted molar refractivity (Wildman–Crippen MR) is 62.6 cm³/mol. The second-order valence-electron chi connectivity index (χ2n) is 3.88. The summed E-state index contributed by atoms with van der Waals surface area (Å²) >= 11 is 5.35. The van der Waals surface area contributed by atoms with Crippen molar-refractivity contribution in [1.29, 1.82) is 0 Å². The lowest BCUT2D eigenvalue weighted by molar-refractivity contribution is 0.155. The molecule has 0 spiro atoms. The van der Waals surface area contributed by atoms with E-state index in [4.69, 9.17) is 10.5 Å². The number of nitrogens with two attached hydrogens (primary N) is 1. The lowest BCUT2D eigenvalue weighted by Gasteiger charge is -2.24. The van der Waals surface area contributed by atoms with Gasteiger partial charge in [-0.05, 0) is 40.2 Å². The molecule has 2 heterocycles. The minimum Gasteiger partial charge on any atom is -0.381 e. The van der Waals surface area contributed by atoms with Crippen LogP contribution in [0.1, 0.15) is 11.3 Å². The molecule has 1 aliphatic heterocycles. The fourth-order valence-corrected chi connectivity index (χ4v) is 3.48. The summed E-state index contributed by atoms with van der Waals surface area (Å²) in [6.07, 6.45) is 2.13. The van der Waals surface area contributed by atoms with Crippen molar-refractivity contribution in [3.05, 3.63) is 20.8 Å². The summed E-state index contributed by atoms with van der Waals surface area (Å²) in [5.74, 6) is 0. The van der Waals surface area contributed by atoms with E-state index in [1.807, 2.05) is 0 Å². The average Bonchev–Trinajstić information content (AvgIpc) is 2.79. The van der Waals surface area contributed by atoms with Gasteiger partial charge in [0, 0.05) is 27.9 Å². The third-order valence-electron chi connectivity index (χ3n) is 2.84. The Morgan fingerprint density at radius 1 is 1.64 bits per heavy atom. The second-order valence-corrected chi connectivity index (χ2v) is 5.73. The van der Waals surface area contributed by atoms with Crippen molar-refractivity contribution in [3.63, 3.8) is 0 Å². The normalized spacial score (nSPS) is 27.0. The number of hydrogen-bond donors (Lipinski definition) is 1. The topological polar surface area (TPSA) is 35.2 Å². The van der Waals surface area contributed by atoms with Crippen molar-refractivity contribution in [1.82, 2.24) is 0 Å². The average molecular weight is 276 g/mol. The fraction of sp³-hybridized carbons (Fsp3) is 0.600. The molecular weight excluding hydrogens is 262 g/mol. The molecule has 1 atom stereocenters. The van der Waals surface area contributed by atoms with Gasteiger partial charge in [-0.2, -0.15) is 0 Å². The van der Waals surface area contributed by atoms with Gasteiger partial charge in [0.25, 0.3) is 0 Å². The molecule has 0 amide bonds. The first-order valence-corrected chi connectivity index (χ1v) is 6.43. The van der Waals surface area contributed by atoms with E-state index in [0.29, 0.717) is 0 Å². The van der Waals surface area contributed by atoms with Gasteiger partial charge in [0.2, 0.25) is 0 Å². The van der Waals surface area contributed by atoms with E-state index in [1.54, 1.807) is 11.3 Å². The van der Waals surface area contributed by atoms with Gasteiger partial charge in [0.05, 0.1) is 6.61 Å². The maximum atomic E-state index is 5.84. The molecule has 14 heavy (non-hydrogen) atoms. The lowest BCUT2D eigenvalue weighted by Crippen LogP contribution is -2.33. The van der Waals surface area contributed by atoms with Gasteiger partial charge in [0.15, 0.2) is 0 Å². The highest BCUT2D eigenvalue weighted by Crippen LogP contribution is 2.35. The van der Waals surface area contributed by atoms with Crippen LogP contribution < -0.4 is 5.73 Å². The minimum atomic E-state index is 0.188. The van der Waals surface area contributed by atoms with Crippen LogP contribution in [-0.4, -0.2) is 19.8 Å². The predicted octanol–water partition coefficient (Wildman–Crippen LogP) is 2.42. The summed E-state index contributed by atoms with van der Waals surface area (Å²) in [4.78, 5) is 1.39. The molecule has 1 unspecified atom stereocenters. The molecule has 1 aliphatic rings. The summed E-state index contributed by atoms with van der Waals surface area (Å²) in [6, 6.07) is 2.10. The van der Waals surface area contributed by atoms with E-state index < -0.39 is 0 Å². The summed E-state index contributed by atoms with van der Waals surface area (Å²) in [6.45, 7) is 2.39. The standard InChI is InChI=1S/C10H14BrNOS/c11-8-1-4-14-9(8)5-10(6-12)2-3-13-7-10/h1,4H,2-3,5-7,12H2. The molecule has 1 fully saturated rings. The summed E-state index contributed by atoms with van der Waals surface area (Å²) < 4.78 is 6.66. The Bertz CT molecular complexity index is 307. The van der Waals surface area contributed by atoms with Crippen molar-refractivity contribution < 1.29 is 4.74 Å². The molecule has 1 aromatic rings. The van der Waals surface area contributed by atoms with Crippen LogP contribution in [0.25, 0.3) is 0 Å². The monoisotopic (exact) mass is 275 g/mol. The van der Waals surface area contributed by atoms with Gasteiger partial charge in [-0.15, -0.1) is 11.3 Å². The highest BCUT2D eigenvalue weighted by molar-refractivity contribution is 9.10. The lowest BCUT2D eigenvalue weighted by atomic mass is 9.83. The van der Waals surface area contributed by atoms with E-state index in [-0.39, 0.29) is 5.41 Å². The molecule has 78 valence electrons. The van der Waals surface area contributed by atoms with Crippen LogP contribution in [0.3, 0.4) is 0 Å². The first-order valence-electron chi connectivity index (χ1n) is 4.75. The van der Waals surface area contributed by atoms with Gasteiger partial charge in [-0.25, -0.2) is 0 Å². The third kappa shape index (κ3) is 2.03. The number of halogens is 1. The highest BCUT2D eigenvalue weighted by Gasteiger charge is 2.34. The number of rotatable bonds is 3. The van der Waals surface area contributed by atoms with Crippen molar-refractivity contribution in [2.24, 2.45) is 11.1 Å². The van der Waals surface area contributed by atoms with Crippen molar-refractivity contribution in [2.75, 3.05) is 19.8 Å². The Morgan fingerprint density at radius 3 is 3.00 bits per heavy atom. The van der Waals surface area contributed by atoms with E-state index in [2.05, 4.69) is 27.4 Å². The van der Waals surface area contributed by atoms with Crippen LogP contribution in [-0.2, 0) is 11.2 Å². The van der Waals surface area contributed by atoms with Gasteiger partial charge in [-0.1, -0.05) is 0 Å². The molecule has 0 saturated carbocycles. The Morgan fingerprint density at radius 2 is 2.50 bits per heavy atom. The molecule has 1 aromatic heterocycles. The SMILES string of the molecule is NCC1(Cc2sccc2Br)CCOC1. The van der Waals surface area contributed by atoms with Gasteiger partial charge < -0.3 is 10.5 Å². The molecule has 2 N–H and O–H groups in total. The molecule has 0 aliphatic carbocycles. The second kappa shape index (κ2) is 4.31. The van der Waals surface area contributed by atoms with E-state index in [0.717, 1.165) is 32.6 Å². The molecule has 0 radical (unpaired) electrons. The molecular formula is C10H14BrNOS. The smallest absolute Gasteiger partial charge is 0.0538 e. The third-order valence-corrected chi connectivity index (χ3v) is 4.77. The summed E-state index contributed by atoms with van der Waals surface area (Å²) in [7, 11) is 0. The van der Waals surface area contributed by atoms with E-state index >= 15 is 0 Å². The summed E-state index contributed by atoms with van der Waals surface area (Å²) in [5, 5.41) is 2.11. The molecule has 2 rings (SSSR count).